The fourth-order valence-electron chi connectivity index (χ4n) is 1.78. The van der Waals surface area contributed by atoms with Gasteiger partial charge in [-0.2, -0.15) is 0 Å². The van der Waals surface area contributed by atoms with Crippen LogP contribution in [-0.2, 0) is 0 Å². The second-order valence-electron chi connectivity index (χ2n) is 3.72. The molecule has 0 unspecified atom stereocenters. The number of nitrogens with two attached hydrogens (primary N) is 1. The van der Waals surface area contributed by atoms with Crippen LogP contribution in [0.5, 0.6) is 0 Å². The molecule has 7 nitrogen and oxygen atoms in total. The average Bonchev–Trinajstić information content (AvgIpc) is 2.83. The molecule has 0 bridgehead atoms. The fourth-order valence-corrected chi connectivity index (χ4v) is 1.78. The van der Waals surface area contributed by atoms with Gasteiger partial charge < -0.3 is 10.6 Å². The first-order valence-electron chi connectivity index (χ1n) is 5.30. The van der Waals surface area contributed by atoms with E-state index < -0.39 is 0 Å². The molecule has 1 aromatic heterocycles. The minimum absolute atomic E-state index is 0.117. The van der Waals surface area contributed by atoms with Gasteiger partial charge in [-0.05, 0) is 5.16 Å². The number of hydrogen-bond donors (Lipinski definition) is 1. The monoisotopic (exact) mass is 225 g/mol. The lowest BCUT2D eigenvalue weighted by Gasteiger charge is -2.33. The van der Waals surface area contributed by atoms with Crippen molar-refractivity contribution in [3.63, 3.8) is 0 Å². The summed E-state index contributed by atoms with van der Waals surface area (Å²) in [6.07, 6.45) is 1.34. The highest BCUT2D eigenvalue weighted by Gasteiger charge is 2.23. The van der Waals surface area contributed by atoms with Gasteiger partial charge in [0.25, 0.3) is 5.91 Å². The van der Waals surface area contributed by atoms with Gasteiger partial charge in [-0.1, -0.05) is 5.16 Å². The van der Waals surface area contributed by atoms with Crippen LogP contribution in [0.25, 0.3) is 0 Å². The van der Waals surface area contributed by atoms with Crippen LogP contribution in [-0.4, -0.2) is 65.3 Å². The van der Waals surface area contributed by atoms with E-state index in [0.717, 1.165) is 19.6 Å². The van der Waals surface area contributed by atoms with E-state index in [1.165, 1.54) is 6.20 Å². The van der Waals surface area contributed by atoms with Crippen LogP contribution in [0.15, 0.2) is 10.8 Å². The summed E-state index contributed by atoms with van der Waals surface area (Å²) in [5, 5.41) is 6.96. The molecule has 88 valence electrons. The van der Waals surface area contributed by atoms with Crippen LogP contribution in [0.1, 0.15) is 10.5 Å². The lowest BCUT2D eigenvalue weighted by molar-refractivity contribution is 0.0630. The Morgan fingerprint density at radius 1 is 1.44 bits per heavy atom. The number of aromatic nitrogens is 2. The van der Waals surface area contributed by atoms with Crippen LogP contribution in [0, 0.1) is 0 Å². The van der Waals surface area contributed by atoms with E-state index in [1.807, 2.05) is 0 Å². The van der Waals surface area contributed by atoms with Crippen molar-refractivity contribution in [2.45, 2.75) is 0 Å². The molecule has 0 aromatic carbocycles. The third-order valence-corrected chi connectivity index (χ3v) is 2.69. The molecule has 16 heavy (non-hydrogen) atoms. The van der Waals surface area contributed by atoms with Crippen LogP contribution in [0.3, 0.4) is 0 Å². The van der Waals surface area contributed by atoms with Crippen LogP contribution in [0.2, 0.25) is 0 Å². The standard InChI is InChI=1S/C9H15N5O2/c10-1-2-13-3-5-14(6-4-13)9(15)8-7-11-16-12-8/h7H,1-6,10H2. The normalized spacial score (nSPS) is 17.7. The van der Waals surface area contributed by atoms with Crippen molar-refractivity contribution < 1.29 is 9.42 Å². The number of amides is 1. The van der Waals surface area contributed by atoms with E-state index >= 15 is 0 Å². The molecular weight excluding hydrogens is 210 g/mol. The Labute approximate surface area is 93.1 Å². The van der Waals surface area contributed by atoms with Crippen LogP contribution < -0.4 is 5.73 Å². The molecule has 2 N–H and O–H groups in total. The predicted molar refractivity (Wildman–Crippen MR) is 55.7 cm³/mol. The molecule has 1 amide bonds. The van der Waals surface area contributed by atoms with Crippen molar-refractivity contribution in [2.24, 2.45) is 5.73 Å². The van der Waals surface area contributed by atoms with Crippen LogP contribution in [0.4, 0.5) is 0 Å². The zero-order valence-electron chi connectivity index (χ0n) is 9.00. The Bertz CT molecular complexity index is 332. The summed E-state index contributed by atoms with van der Waals surface area (Å²) in [6, 6.07) is 0. The summed E-state index contributed by atoms with van der Waals surface area (Å²) >= 11 is 0. The molecule has 1 saturated heterocycles. The summed E-state index contributed by atoms with van der Waals surface area (Å²) in [5.74, 6) is -0.117. The zero-order valence-corrected chi connectivity index (χ0v) is 9.00. The maximum atomic E-state index is 11.8. The fraction of sp³-hybridized carbons (Fsp3) is 0.667. The Hall–Kier alpha value is -1.47. The molecule has 2 rings (SSSR count). The average molecular weight is 225 g/mol. The molecule has 1 aromatic rings. The second kappa shape index (κ2) is 5.04. The van der Waals surface area contributed by atoms with Crippen molar-refractivity contribution in [1.82, 2.24) is 20.1 Å². The molecule has 1 aliphatic rings. The van der Waals surface area contributed by atoms with Gasteiger partial charge in [0.1, 0.15) is 6.20 Å². The first-order chi connectivity index (χ1) is 7.81. The Kier molecular flexibility index (Phi) is 3.47. The van der Waals surface area contributed by atoms with Gasteiger partial charge in [-0.15, -0.1) is 0 Å². The molecule has 1 fully saturated rings. The third kappa shape index (κ3) is 2.37. The smallest absolute Gasteiger partial charge is 0.277 e. The summed E-state index contributed by atoms with van der Waals surface area (Å²) in [5.41, 5.74) is 5.75. The summed E-state index contributed by atoms with van der Waals surface area (Å²) in [4.78, 5) is 15.8. The Morgan fingerprint density at radius 2 is 2.19 bits per heavy atom. The molecule has 0 saturated carbocycles. The first kappa shape index (κ1) is 11.0. The second-order valence-corrected chi connectivity index (χ2v) is 3.72. The van der Waals surface area contributed by atoms with Crippen molar-refractivity contribution in [3.05, 3.63) is 11.9 Å². The van der Waals surface area contributed by atoms with Gasteiger partial charge in [0.15, 0.2) is 5.69 Å². The molecular formula is C9H15N5O2. The SMILES string of the molecule is NCCN1CCN(C(=O)c2cnon2)CC1. The predicted octanol–water partition coefficient (Wildman–Crippen LogP) is -1.21. The highest BCUT2D eigenvalue weighted by molar-refractivity contribution is 5.91. The van der Waals surface area contributed by atoms with Gasteiger partial charge in [-0.3, -0.25) is 9.69 Å². The minimum Gasteiger partial charge on any atom is -0.335 e. The quantitative estimate of drug-likeness (QED) is 0.694. The third-order valence-electron chi connectivity index (χ3n) is 2.69. The molecule has 0 aliphatic carbocycles. The topological polar surface area (TPSA) is 88.5 Å². The summed E-state index contributed by atoms with van der Waals surface area (Å²) in [7, 11) is 0. The highest BCUT2D eigenvalue weighted by Crippen LogP contribution is 2.05. The zero-order chi connectivity index (χ0) is 11.4. The number of hydrogen-bond acceptors (Lipinski definition) is 6. The van der Waals surface area contributed by atoms with E-state index in [9.17, 15) is 4.79 Å². The van der Waals surface area contributed by atoms with Gasteiger partial charge in [0.05, 0.1) is 0 Å². The number of piperazine rings is 1. The molecule has 1 aliphatic heterocycles. The number of rotatable bonds is 3. The Balaban J connectivity index is 1.87. The van der Waals surface area contributed by atoms with Crippen molar-refractivity contribution in [2.75, 3.05) is 39.3 Å². The van der Waals surface area contributed by atoms with Gasteiger partial charge >= 0.3 is 0 Å². The van der Waals surface area contributed by atoms with Crippen molar-refractivity contribution in [3.8, 4) is 0 Å². The number of carbonyl (C=O) groups excluding carboxylic acids is 1. The minimum atomic E-state index is -0.117. The maximum Gasteiger partial charge on any atom is 0.277 e. The maximum absolute atomic E-state index is 11.8. The van der Waals surface area contributed by atoms with E-state index in [4.69, 9.17) is 5.73 Å². The Morgan fingerprint density at radius 3 is 2.75 bits per heavy atom. The van der Waals surface area contributed by atoms with Crippen LogP contribution >= 0.6 is 0 Å². The largest absolute Gasteiger partial charge is 0.335 e. The van der Waals surface area contributed by atoms with Crippen molar-refractivity contribution >= 4 is 5.91 Å². The van der Waals surface area contributed by atoms with E-state index in [0.29, 0.717) is 19.6 Å². The number of carbonyl (C=O) groups is 1. The lowest BCUT2D eigenvalue weighted by Crippen LogP contribution is -2.49. The summed E-state index contributed by atoms with van der Waals surface area (Å²) in [6.45, 7) is 4.65. The molecule has 0 radical (unpaired) electrons. The molecule has 0 atom stereocenters. The molecule has 0 spiro atoms. The number of nitrogens with zero attached hydrogens (tertiary/aromatic N) is 4. The van der Waals surface area contributed by atoms with Crippen molar-refractivity contribution in [1.29, 1.82) is 0 Å². The highest BCUT2D eigenvalue weighted by atomic mass is 16.6. The van der Waals surface area contributed by atoms with Gasteiger partial charge in [-0.25, -0.2) is 4.63 Å². The molecule has 2 heterocycles. The lowest BCUT2D eigenvalue weighted by atomic mass is 10.3. The van der Waals surface area contributed by atoms with E-state index in [1.54, 1.807) is 4.90 Å². The van der Waals surface area contributed by atoms with E-state index in [-0.39, 0.29) is 11.6 Å². The van der Waals surface area contributed by atoms with Gasteiger partial charge in [0, 0.05) is 39.3 Å². The summed E-state index contributed by atoms with van der Waals surface area (Å²) < 4.78 is 4.41. The van der Waals surface area contributed by atoms with Gasteiger partial charge in [0.2, 0.25) is 0 Å². The first-order valence-corrected chi connectivity index (χ1v) is 5.30. The molecule has 7 heteroatoms. The van der Waals surface area contributed by atoms with E-state index in [2.05, 4.69) is 19.8 Å².